The number of anilines is 1. The van der Waals surface area contributed by atoms with Crippen LogP contribution in [0.3, 0.4) is 0 Å². The third-order valence-electron chi connectivity index (χ3n) is 4.27. The van der Waals surface area contributed by atoms with Crippen LogP contribution in [0.1, 0.15) is 24.4 Å². The van der Waals surface area contributed by atoms with Crippen LogP contribution in [0, 0.1) is 0 Å². The van der Waals surface area contributed by atoms with Crippen molar-refractivity contribution in [2.24, 2.45) is 0 Å². The summed E-state index contributed by atoms with van der Waals surface area (Å²) in [6.45, 7) is 0.729. The van der Waals surface area contributed by atoms with Gasteiger partial charge in [0.1, 0.15) is 12.4 Å². The highest BCUT2D eigenvalue weighted by molar-refractivity contribution is 5.77. The predicted molar refractivity (Wildman–Crippen MR) is 90.7 cm³/mol. The van der Waals surface area contributed by atoms with Crippen LogP contribution in [0.15, 0.2) is 41.6 Å². The third kappa shape index (κ3) is 3.29. The smallest absolute Gasteiger partial charge is 0.347 e. The van der Waals surface area contributed by atoms with Gasteiger partial charge < -0.3 is 9.80 Å². The number of likely N-dealkylation sites (tertiary alicyclic amines) is 1. The molecule has 24 heavy (non-hydrogen) atoms. The Morgan fingerprint density at radius 1 is 1.33 bits per heavy atom. The molecule has 1 saturated heterocycles. The normalized spacial score (nSPS) is 17.1. The van der Waals surface area contributed by atoms with Gasteiger partial charge in [0.2, 0.25) is 5.91 Å². The first-order valence-corrected chi connectivity index (χ1v) is 8.00. The van der Waals surface area contributed by atoms with E-state index in [0.29, 0.717) is 6.54 Å². The molecule has 0 radical (unpaired) electrons. The van der Waals surface area contributed by atoms with E-state index < -0.39 is 5.69 Å². The van der Waals surface area contributed by atoms with E-state index in [2.05, 4.69) is 9.97 Å². The zero-order valence-electron chi connectivity index (χ0n) is 13.9. The van der Waals surface area contributed by atoms with Crippen LogP contribution >= 0.6 is 0 Å². The Kier molecular flexibility index (Phi) is 4.59. The number of aromatic nitrogens is 3. The highest BCUT2D eigenvalue weighted by atomic mass is 16.2. The zero-order valence-corrected chi connectivity index (χ0v) is 13.9. The van der Waals surface area contributed by atoms with Gasteiger partial charge in [-0.25, -0.2) is 14.8 Å². The fourth-order valence-corrected chi connectivity index (χ4v) is 3.04. The molecule has 1 amide bonds. The Morgan fingerprint density at radius 2 is 2.17 bits per heavy atom. The molecule has 1 fully saturated rings. The first-order valence-electron chi connectivity index (χ1n) is 8.00. The number of carbonyl (C=O) groups is 1. The largest absolute Gasteiger partial charge is 0.363 e. The summed E-state index contributed by atoms with van der Waals surface area (Å²) in [6.07, 6.45) is 6.68. The lowest BCUT2D eigenvalue weighted by molar-refractivity contribution is -0.132. The van der Waals surface area contributed by atoms with E-state index in [1.165, 1.54) is 10.8 Å². The second-order valence-electron chi connectivity index (χ2n) is 6.12. The summed E-state index contributed by atoms with van der Waals surface area (Å²) in [7, 11) is 3.89. The minimum absolute atomic E-state index is 0.0226. The SMILES string of the molecule is CN(C)c1cc(C2CCCN2C(=O)Cn2cccnc2=O)ccn1. The van der Waals surface area contributed by atoms with Crippen molar-refractivity contribution in [1.29, 1.82) is 0 Å². The average Bonchev–Trinajstić information content (AvgIpc) is 3.07. The fourth-order valence-electron chi connectivity index (χ4n) is 3.04. The van der Waals surface area contributed by atoms with Crippen molar-refractivity contribution >= 4 is 11.7 Å². The number of carbonyl (C=O) groups excluding carboxylic acids is 1. The summed E-state index contributed by atoms with van der Waals surface area (Å²) < 4.78 is 1.34. The van der Waals surface area contributed by atoms with E-state index in [-0.39, 0.29) is 18.5 Å². The van der Waals surface area contributed by atoms with Crippen molar-refractivity contribution in [2.45, 2.75) is 25.4 Å². The van der Waals surface area contributed by atoms with Crippen LogP contribution in [-0.2, 0) is 11.3 Å². The maximum Gasteiger partial charge on any atom is 0.347 e. The molecular formula is C17H21N5O2. The fraction of sp³-hybridized carbons (Fsp3) is 0.412. The zero-order chi connectivity index (χ0) is 17.1. The van der Waals surface area contributed by atoms with Crippen molar-refractivity contribution in [3.05, 3.63) is 52.8 Å². The molecule has 126 valence electrons. The number of nitrogens with zero attached hydrogens (tertiary/aromatic N) is 5. The molecule has 0 aromatic carbocycles. The molecule has 1 aliphatic heterocycles. The lowest BCUT2D eigenvalue weighted by Gasteiger charge is -2.26. The summed E-state index contributed by atoms with van der Waals surface area (Å²) in [5.74, 6) is 0.811. The molecular weight excluding hydrogens is 306 g/mol. The van der Waals surface area contributed by atoms with Gasteiger partial charge in [0.05, 0.1) is 6.04 Å². The molecule has 0 spiro atoms. The van der Waals surface area contributed by atoms with Crippen LogP contribution in [-0.4, -0.2) is 46.0 Å². The molecule has 2 aromatic rings. The van der Waals surface area contributed by atoms with Gasteiger partial charge in [-0.3, -0.25) is 9.36 Å². The average molecular weight is 327 g/mol. The lowest BCUT2D eigenvalue weighted by Crippen LogP contribution is -2.36. The number of hydrogen-bond donors (Lipinski definition) is 0. The highest BCUT2D eigenvalue weighted by Crippen LogP contribution is 2.33. The third-order valence-corrected chi connectivity index (χ3v) is 4.27. The number of rotatable bonds is 4. The summed E-state index contributed by atoms with van der Waals surface area (Å²) >= 11 is 0. The van der Waals surface area contributed by atoms with Crippen LogP contribution in [0.2, 0.25) is 0 Å². The highest BCUT2D eigenvalue weighted by Gasteiger charge is 2.30. The van der Waals surface area contributed by atoms with E-state index in [4.69, 9.17) is 0 Å². The Labute approximate surface area is 140 Å². The molecule has 1 unspecified atom stereocenters. The molecule has 0 bridgehead atoms. The molecule has 0 aliphatic carbocycles. The van der Waals surface area contributed by atoms with Gasteiger partial charge in [-0.15, -0.1) is 0 Å². The van der Waals surface area contributed by atoms with Crippen LogP contribution in [0.4, 0.5) is 5.82 Å². The van der Waals surface area contributed by atoms with Crippen molar-refractivity contribution in [3.8, 4) is 0 Å². The van der Waals surface area contributed by atoms with E-state index in [1.54, 1.807) is 18.5 Å². The van der Waals surface area contributed by atoms with E-state index in [9.17, 15) is 9.59 Å². The Morgan fingerprint density at radius 3 is 2.92 bits per heavy atom. The maximum atomic E-state index is 12.7. The maximum absolute atomic E-state index is 12.7. The van der Waals surface area contributed by atoms with Crippen LogP contribution < -0.4 is 10.6 Å². The number of amides is 1. The Bertz CT molecular complexity index is 786. The standard InChI is InChI=1S/C17H21N5O2/c1-20(2)15-11-13(6-8-18-15)14-5-3-10-22(14)16(23)12-21-9-4-7-19-17(21)24/h4,6-9,11,14H,3,5,10,12H2,1-2H3. The van der Waals surface area contributed by atoms with Gasteiger partial charge in [0, 0.05) is 39.2 Å². The minimum atomic E-state index is -0.402. The van der Waals surface area contributed by atoms with Gasteiger partial charge >= 0.3 is 5.69 Å². The van der Waals surface area contributed by atoms with E-state index in [1.807, 2.05) is 36.0 Å². The van der Waals surface area contributed by atoms with Crippen molar-refractivity contribution in [1.82, 2.24) is 19.4 Å². The quantitative estimate of drug-likeness (QED) is 0.840. The lowest BCUT2D eigenvalue weighted by atomic mass is 10.1. The van der Waals surface area contributed by atoms with Crippen molar-refractivity contribution in [3.63, 3.8) is 0 Å². The molecule has 0 saturated carbocycles. The van der Waals surface area contributed by atoms with Gasteiger partial charge in [-0.1, -0.05) is 0 Å². The van der Waals surface area contributed by atoms with Gasteiger partial charge in [0.15, 0.2) is 0 Å². The minimum Gasteiger partial charge on any atom is -0.363 e. The van der Waals surface area contributed by atoms with Crippen LogP contribution in [0.5, 0.6) is 0 Å². The molecule has 3 heterocycles. The molecule has 2 aromatic heterocycles. The molecule has 0 N–H and O–H groups in total. The summed E-state index contributed by atoms with van der Waals surface area (Å²) in [4.78, 5) is 36.2. The van der Waals surface area contributed by atoms with Gasteiger partial charge in [0.25, 0.3) is 0 Å². The monoisotopic (exact) mass is 327 g/mol. The van der Waals surface area contributed by atoms with Gasteiger partial charge in [-0.05, 0) is 36.6 Å². The first kappa shape index (κ1) is 16.2. The van der Waals surface area contributed by atoms with Crippen molar-refractivity contribution in [2.75, 3.05) is 25.5 Å². The van der Waals surface area contributed by atoms with Crippen LogP contribution in [0.25, 0.3) is 0 Å². The van der Waals surface area contributed by atoms with Crippen molar-refractivity contribution < 1.29 is 4.79 Å². The predicted octanol–water partition coefficient (Wildman–Crippen LogP) is 1.07. The summed E-state index contributed by atoms with van der Waals surface area (Å²) in [5, 5.41) is 0. The number of hydrogen-bond acceptors (Lipinski definition) is 5. The molecule has 1 atom stereocenters. The Balaban J connectivity index is 1.80. The first-order chi connectivity index (χ1) is 11.6. The topological polar surface area (TPSA) is 71.3 Å². The van der Waals surface area contributed by atoms with E-state index in [0.717, 1.165) is 24.2 Å². The molecule has 3 rings (SSSR count). The molecule has 7 heteroatoms. The summed E-state index contributed by atoms with van der Waals surface area (Å²) in [6, 6.07) is 5.67. The molecule has 7 nitrogen and oxygen atoms in total. The number of pyridine rings is 1. The second-order valence-corrected chi connectivity index (χ2v) is 6.12. The summed E-state index contributed by atoms with van der Waals surface area (Å²) in [5.41, 5.74) is 0.679. The molecule has 1 aliphatic rings. The Hall–Kier alpha value is -2.70. The second kappa shape index (κ2) is 6.82. The van der Waals surface area contributed by atoms with Gasteiger partial charge in [-0.2, -0.15) is 0 Å². The van der Waals surface area contributed by atoms with E-state index >= 15 is 0 Å².